The van der Waals surface area contributed by atoms with Crippen molar-refractivity contribution in [3.05, 3.63) is 35.9 Å². The summed E-state index contributed by atoms with van der Waals surface area (Å²) in [6, 6.07) is 10.7. The van der Waals surface area contributed by atoms with Crippen molar-refractivity contribution >= 4 is 37.2 Å². The van der Waals surface area contributed by atoms with E-state index in [1.165, 1.54) is 18.7 Å². The molecule has 1 aromatic carbocycles. The lowest BCUT2D eigenvalue weighted by Gasteiger charge is -2.34. The summed E-state index contributed by atoms with van der Waals surface area (Å²) >= 11 is 0. The van der Waals surface area contributed by atoms with E-state index in [1.54, 1.807) is 0 Å². The predicted octanol–water partition coefficient (Wildman–Crippen LogP) is 2.38. The Hall–Kier alpha value is -0.0300. The van der Waals surface area contributed by atoms with E-state index in [4.69, 9.17) is 5.73 Å². The molecule has 1 aliphatic heterocycles. The van der Waals surface area contributed by atoms with Crippen LogP contribution in [0.2, 0.25) is 0 Å². The molecular weight excluding hydrogens is 329 g/mol. The van der Waals surface area contributed by atoms with Crippen LogP contribution in [0.5, 0.6) is 0 Å². The van der Waals surface area contributed by atoms with Crippen molar-refractivity contribution in [2.75, 3.05) is 39.8 Å². The van der Waals surface area contributed by atoms with Gasteiger partial charge in [0, 0.05) is 44.2 Å². The van der Waals surface area contributed by atoms with Gasteiger partial charge in [0.2, 0.25) is 0 Å². The van der Waals surface area contributed by atoms with Gasteiger partial charge in [-0.05, 0) is 19.0 Å². The van der Waals surface area contributed by atoms with E-state index in [2.05, 4.69) is 47.2 Å². The second kappa shape index (κ2) is 8.56. The summed E-state index contributed by atoms with van der Waals surface area (Å²) in [5, 5.41) is 0. The number of rotatable bonds is 3. The lowest BCUT2D eigenvalue weighted by atomic mass is 10.1. The van der Waals surface area contributed by atoms with Gasteiger partial charge in [-0.2, -0.15) is 0 Å². The summed E-state index contributed by atoms with van der Waals surface area (Å²) in [5.41, 5.74) is 7.97. The molecule has 0 spiro atoms. The SMILES string of the molecule is CN1CCN(C[C@@]2(N)C[C@@H]2c2ccccc2)CC1.Cl.Cl.Cl. The van der Waals surface area contributed by atoms with Crippen molar-refractivity contribution in [1.29, 1.82) is 0 Å². The highest BCUT2D eigenvalue weighted by molar-refractivity contribution is 5.86. The summed E-state index contributed by atoms with van der Waals surface area (Å²) in [7, 11) is 2.19. The molecule has 3 rings (SSSR count). The first-order valence-corrected chi connectivity index (χ1v) is 6.92. The maximum atomic E-state index is 6.53. The van der Waals surface area contributed by atoms with E-state index in [9.17, 15) is 0 Å². The van der Waals surface area contributed by atoms with Crippen LogP contribution < -0.4 is 5.73 Å². The molecule has 2 fully saturated rings. The topological polar surface area (TPSA) is 32.5 Å². The second-order valence-electron chi connectivity index (χ2n) is 5.98. The lowest BCUT2D eigenvalue weighted by molar-refractivity contribution is 0.143. The fraction of sp³-hybridized carbons (Fsp3) is 0.600. The van der Waals surface area contributed by atoms with Gasteiger partial charge in [-0.3, -0.25) is 4.90 Å². The Balaban J connectivity index is 0.00000133. The van der Waals surface area contributed by atoms with Crippen LogP contribution in [0.1, 0.15) is 17.9 Å². The normalized spacial score (nSPS) is 28.8. The number of piperazine rings is 1. The fourth-order valence-corrected chi connectivity index (χ4v) is 3.05. The molecule has 122 valence electrons. The molecule has 0 aromatic heterocycles. The van der Waals surface area contributed by atoms with E-state index in [0.717, 1.165) is 26.1 Å². The van der Waals surface area contributed by atoms with Crippen LogP contribution in [-0.2, 0) is 0 Å². The maximum absolute atomic E-state index is 6.53. The minimum absolute atomic E-state index is 0. The molecule has 1 heterocycles. The number of hydrogen-bond acceptors (Lipinski definition) is 3. The summed E-state index contributed by atoms with van der Waals surface area (Å²) in [4.78, 5) is 4.92. The standard InChI is InChI=1S/C15H23N3.3ClH/c1-17-7-9-18(10-8-17)12-15(16)11-14(15)13-5-3-2-4-6-13;;;/h2-6,14H,7-12,16H2,1H3;3*1H/t14-,15+;;;/m1.../s1. The molecule has 0 bridgehead atoms. The van der Waals surface area contributed by atoms with Crippen molar-refractivity contribution in [3.63, 3.8) is 0 Å². The Morgan fingerprint density at radius 2 is 1.62 bits per heavy atom. The highest BCUT2D eigenvalue weighted by atomic mass is 35.5. The average molecular weight is 355 g/mol. The Labute approximate surface area is 146 Å². The van der Waals surface area contributed by atoms with Gasteiger partial charge in [0.1, 0.15) is 0 Å². The first-order valence-electron chi connectivity index (χ1n) is 6.92. The largest absolute Gasteiger partial charge is 0.323 e. The molecule has 2 aliphatic rings. The number of hydrogen-bond donors (Lipinski definition) is 1. The molecule has 1 aliphatic carbocycles. The summed E-state index contributed by atoms with van der Waals surface area (Å²) in [6.45, 7) is 5.73. The zero-order valence-electron chi connectivity index (χ0n) is 12.4. The van der Waals surface area contributed by atoms with Crippen molar-refractivity contribution in [2.24, 2.45) is 5.73 Å². The van der Waals surface area contributed by atoms with Crippen molar-refractivity contribution in [3.8, 4) is 0 Å². The molecule has 3 nitrogen and oxygen atoms in total. The zero-order valence-corrected chi connectivity index (χ0v) is 14.9. The number of nitrogens with two attached hydrogens (primary N) is 1. The van der Waals surface area contributed by atoms with Crippen LogP contribution in [-0.4, -0.2) is 55.1 Å². The third kappa shape index (κ3) is 4.98. The van der Waals surface area contributed by atoms with E-state index in [0.29, 0.717) is 5.92 Å². The quantitative estimate of drug-likeness (QED) is 0.904. The molecule has 2 N–H and O–H groups in total. The van der Waals surface area contributed by atoms with Crippen molar-refractivity contribution in [1.82, 2.24) is 9.80 Å². The van der Waals surface area contributed by atoms with Gasteiger partial charge in [0.25, 0.3) is 0 Å². The molecule has 6 heteroatoms. The molecule has 0 radical (unpaired) electrons. The van der Waals surface area contributed by atoms with Gasteiger partial charge >= 0.3 is 0 Å². The summed E-state index contributed by atoms with van der Waals surface area (Å²) in [6.07, 6.45) is 1.14. The van der Waals surface area contributed by atoms with Crippen LogP contribution in [0.15, 0.2) is 30.3 Å². The smallest absolute Gasteiger partial charge is 0.0360 e. The van der Waals surface area contributed by atoms with Crippen LogP contribution in [0.4, 0.5) is 0 Å². The van der Waals surface area contributed by atoms with Gasteiger partial charge in [0.05, 0.1) is 0 Å². The van der Waals surface area contributed by atoms with Crippen LogP contribution in [0, 0.1) is 0 Å². The molecule has 0 unspecified atom stereocenters. The lowest BCUT2D eigenvalue weighted by Crippen LogP contribution is -2.49. The Kier molecular flexibility index (Phi) is 8.55. The Morgan fingerprint density at radius 1 is 1.05 bits per heavy atom. The predicted molar refractivity (Wildman–Crippen MR) is 96.4 cm³/mol. The maximum Gasteiger partial charge on any atom is 0.0360 e. The highest BCUT2D eigenvalue weighted by Crippen LogP contribution is 2.49. The van der Waals surface area contributed by atoms with Gasteiger partial charge in [-0.15, -0.1) is 37.2 Å². The average Bonchev–Trinajstić information content (AvgIpc) is 3.05. The van der Waals surface area contributed by atoms with Crippen LogP contribution in [0.3, 0.4) is 0 Å². The van der Waals surface area contributed by atoms with Gasteiger partial charge < -0.3 is 10.6 Å². The molecule has 2 atom stereocenters. The summed E-state index contributed by atoms with van der Waals surface area (Å²) < 4.78 is 0. The molecule has 0 amide bonds. The van der Waals surface area contributed by atoms with Crippen LogP contribution in [0.25, 0.3) is 0 Å². The first-order chi connectivity index (χ1) is 8.67. The minimum Gasteiger partial charge on any atom is -0.323 e. The van der Waals surface area contributed by atoms with Crippen molar-refractivity contribution < 1.29 is 0 Å². The van der Waals surface area contributed by atoms with Crippen molar-refractivity contribution in [2.45, 2.75) is 17.9 Å². The Bertz CT molecular complexity index is 410. The number of benzene rings is 1. The third-order valence-electron chi connectivity index (χ3n) is 4.43. The second-order valence-corrected chi connectivity index (χ2v) is 5.98. The summed E-state index contributed by atoms with van der Waals surface area (Å²) in [5.74, 6) is 0.568. The zero-order chi connectivity index (χ0) is 12.6. The first kappa shape index (κ1) is 21.0. The van der Waals surface area contributed by atoms with E-state index < -0.39 is 0 Å². The van der Waals surface area contributed by atoms with Crippen LogP contribution >= 0.6 is 37.2 Å². The highest BCUT2D eigenvalue weighted by Gasteiger charge is 2.52. The third-order valence-corrected chi connectivity index (χ3v) is 4.43. The van der Waals surface area contributed by atoms with Gasteiger partial charge in [0.15, 0.2) is 0 Å². The van der Waals surface area contributed by atoms with Gasteiger partial charge in [-0.25, -0.2) is 0 Å². The minimum atomic E-state index is 0. The van der Waals surface area contributed by atoms with E-state index in [-0.39, 0.29) is 42.8 Å². The fourth-order valence-electron chi connectivity index (χ4n) is 3.05. The number of nitrogens with zero attached hydrogens (tertiary/aromatic N) is 2. The van der Waals surface area contributed by atoms with E-state index in [1.807, 2.05) is 0 Å². The molecule has 21 heavy (non-hydrogen) atoms. The number of likely N-dealkylation sites (N-methyl/N-ethyl adjacent to an activating group) is 1. The molecule has 1 saturated heterocycles. The van der Waals surface area contributed by atoms with E-state index >= 15 is 0 Å². The van der Waals surface area contributed by atoms with Gasteiger partial charge in [-0.1, -0.05) is 30.3 Å². The molecule has 1 saturated carbocycles. The Morgan fingerprint density at radius 3 is 2.19 bits per heavy atom. The molecule has 1 aromatic rings. The number of halogens is 3. The molecular formula is C15H26Cl3N3. The monoisotopic (exact) mass is 353 g/mol.